The molecular formula is C26H39N3O5S. The van der Waals surface area contributed by atoms with Crippen molar-refractivity contribution in [1.82, 2.24) is 9.62 Å². The molecule has 35 heavy (non-hydrogen) atoms. The van der Waals surface area contributed by atoms with Crippen LogP contribution in [0.5, 0.6) is 5.75 Å². The van der Waals surface area contributed by atoms with Gasteiger partial charge in [0, 0.05) is 31.2 Å². The van der Waals surface area contributed by atoms with Crippen LogP contribution in [-0.2, 0) is 21.2 Å². The molecular weight excluding hydrogens is 466 g/mol. The van der Waals surface area contributed by atoms with Crippen molar-refractivity contribution in [2.24, 2.45) is 5.92 Å². The summed E-state index contributed by atoms with van der Waals surface area (Å²) in [6.07, 6.45) is 2.88. The maximum Gasteiger partial charge on any atom is 0.243 e. The number of ether oxygens (including phenoxy) is 1. The van der Waals surface area contributed by atoms with Crippen LogP contribution >= 0.6 is 0 Å². The van der Waals surface area contributed by atoms with E-state index in [0.717, 1.165) is 11.3 Å². The Morgan fingerprint density at radius 2 is 1.86 bits per heavy atom. The molecule has 0 unspecified atom stereocenters. The van der Waals surface area contributed by atoms with Crippen molar-refractivity contribution in [2.45, 2.75) is 56.9 Å². The van der Waals surface area contributed by atoms with E-state index in [4.69, 9.17) is 10.5 Å². The van der Waals surface area contributed by atoms with Gasteiger partial charge in [-0.2, -0.15) is 4.31 Å². The highest BCUT2D eigenvalue weighted by Crippen LogP contribution is 2.23. The topological polar surface area (TPSA) is 122 Å². The zero-order valence-corrected chi connectivity index (χ0v) is 21.8. The van der Waals surface area contributed by atoms with Gasteiger partial charge in [-0.05, 0) is 67.1 Å². The summed E-state index contributed by atoms with van der Waals surface area (Å²) in [7, 11) is -2.17. The molecule has 1 amide bonds. The van der Waals surface area contributed by atoms with Gasteiger partial charge >= 0.3 is 0 Å². The number of anilines is 1. The maximum atomic E-state index is 13.3. The van der Waals surface area contributed by atoms with Gasteiger partial charge in [-0.3, -0.25) is 4.79 Å². The minimum atomic E-state index is -3.78. The van der Waals surface area contributed by atoms with E-state index >= 15 is 0 Å². The Hall–Kier alpha value is -2.62. The van der Waals surface area contributed by atoms with E-state index in [9.17, 15) is 18.3 Å². The van der Waals surface area contributed by atoms with Crippen LogP contribution in [0.25, 0.3) is 0 Å². The number of nitrogen functional groups attached to an aromatic ring is 1. The molecule has 2 rings (SSSR count). The minimum absolute atomic E-state index is 0.0288. The number of aryl methyl sites for hydroxylation is 1. The highest BCUT2D eigenvalue weighted by Gasteiger charge is 2.31. The van der Waals surface area contributed by atoms with Gasteiger partial charge in [0.2, 0.25) is 15.9 Å². The first kappa shape index (κ1) is 28.6. The number of carbonyl (C=O) groups excluding carboxylic acids is 1. The van der Waals surface area contributed by atoms with Gasteiger partial charge in [0.15, 0.2) is 0 Å². The fourth-order valence-corrected chi connectivity index (χ4v) is 5.62. The number of nitrogens with zero attached hydrogens (tertiary/aromatic N) is 1. The molecule has 0 spiro atoms. The number of benzene rings is 2. The van der Waals surface area contributed by atoms with E-state index in [2.05, 4.69) is 5.32 Å². The fraction of sp³-hybridized carbons (Fsp3) is 0.500. The van der Waals surface area contributed by atoms with Crippen LogP contribution in [0.4, 0.5) is 5.69 Å². The average molecular weight is 506 g/mol. The molecule has 9 heteroatoms. The maximum absolute atomic E-state index is 13.3. The molecule has 0 aliphatic rings. The van der Waals surface area contributed by atoms with Gasteiger partial charge in [-0.25, -0.2) is 8.42 Å². The lowest BCUT2D eigenvalue weighted by Crippen LogP contribution is -2.44. The van der Waals surface area contributed by atoms with Gasteiger partial charge in [-0.15, -0.1) is 0 Å². The first-order chi connectivity index (χ1) is 16.7. The van der Waals surface area contributed by atoms with Crippen LogP contribution in [0.2, 0.25) is 0 Å². The lowest BCUT2D eigenvalue weighted by Gasteiger charge is -2.31. The second-order valence-electron chi connectivity index (χ2n) is 9.07. The minimum Gasteiger partial charge on any atom is -0.497 e. The molecule has 2 aromatic rings. The Morgan fingerprint density at radius 3 is 2.49 bits per heavy atom. The summed E-state index contributed by atoms with van der Waals surface area (Å²) in [5.41, 5.74) is 7.23. The Bertz CT molecular complexity index is 1030. The Morgan fingerprint density at radius 1 is 1.14 bits per heavy atom. The normalized spacial score (nSPS) is 12.6. The van der Waals surface area contributed by atoms with E-state index in [1.807, 2.05) is 38.1 Å². The standard InChI is InChI=1S/C26H39N3O5S/c1-20(2)18-29(35(32,33)25-13-11-22(27)12-14-25)23(19-30)8-4-5-16-28-26(31)15-10-21-7-6-9-24(17-21)34-3/h6-7,9,11-14,17,20,23,30H,4-5,8,10,15-16,18-19,27H2,1-3H3,(H,28,31)/t23-/m0/s1. The molecule has 194 valence electrons. The number of methoxy groups -OCH3 is 1. The quantitative estimate of drug-likeness (QED) is 0.252. The molecule has 0 aromatic heterocycles. The van der Waals surface area contributed by atoms with E-state index in [-0.39, 0.29) is 23.3 Å². The van der Waals surface area contributed by atoms with Crippen LogP contribution in [0.3, 0.4) is 0 Å². The number of hydrogen-bond donors (Lipinski definition) is 3. The Labute approximate surface area is 209 Å². The lowest BCUT2D eigenvalue weighted by atomic mass is 10.1. The first-order valence-electron chi connectivity index (χ1n) is 12.0. The molecule has 0 bridgehead atoms. The van der Waals surface area contributed by atoms with Crippen LogP contribution < -0.4 is 15.8 Å². The van der Waals surface area contributed by atoms with Gasteiger partial charge < -0.3 is 20.9 Å². The summed E-state index contributed by atoms with van der Waals surface area (Å²) in [6, 6.07) is 13.2. The molecule has 0 aliphatic heterocycles. The van der Waals surface area contributed by atoms with Crippen molar-refractivity contribution in [1.29, 1.82) is 0 Å². The van der Waals surface area contributed by atoms with Crippen LogP contribution in [0, 0.1) is 5.92 Å². The second-order valence-corrected chi connectivity index (χ2v) is 11.0. The summed E-state index contributed by atoms with van der Waals surface area (Å²) in [4.78, 5) is 12.3. The molecule has 0 saturated heterocycles. The van der Waals surface area contributed by atoms with Crippen molar-refractivity contribution in [3.63, 3.8) is 0 Å². The van der Waals surface area contributed by atoms with E-state index in [1.165, 1.54) is 16.4 Å². The number of nitrogens with one attached hydrogen (secondary N) is 1. The van der Waals surface area contributed by atoms with Crippen molar-refractivity contribution < 1.29 is 23.1 Å². The third-order valence-electron chi connectivity index (χ3n) is 5.71. The molecule has 0 fully saturated rings. The molecule has 4 N–H and O–H groups in total. The molecule has 0 heterocycles. The monoisotopic (exact) mass is 505 g/mol. The first-order valence-corrected chi connectivity index (χ1v) is 13.5. The summed E-state index contributed by atoms with van der Waals surface area (Å²) >= 11 is 0. The number of nitrogens with two attached hydrogens (primary N) is 1. The second kappa shape index (κ2) is 14.1. The number of hydrogen-bond acceptors (Lipinski definition) is 6. The highest BCUT2D eigenvalue weighted by molar-refractivity contribution is 7.89. The molecule has 0 radical (unpaired) electrons. The van der Waals surface area contributed by atoms with Crippen LogP contribution in [0.1, 0.15) is 45.1 Å². The van der Waals surface area contributed by atoms with Gasteiger partial charge in [-0.1, -0.05) is 32.4 Å². The molecule has 8 nitrogen and oxygen atoms in total. The molecule has 0 saturated carbocycles. The average Bonchev–Trinajstić information content (AvgIpc) is 2.84. The lowest BCUT2D eigenvalue weighted by molar-refractivity contribution is -0.121. The highest BCUT2D eigenvalue weighted by atomic mass is 32.2. The third kappa shape index (κ3) is 9.16. The molecule has 1 atom stereocenters. The Kier molecular flexibility index (Phi) is 11.5. The fourth-order valence-electron chi connectivity index (χ4n) is 3.81. The van der Waals surface area contributed by atoms with E-state index < -0.39 is 16.1 Å². The van der Waals surface area contributed by atoms with Crippen LogP contribution in [-0.4, -0.2) is 56.6 Å². The zero-order valence-electron chi connectivity index (χ0n) is 20.9. The van der Waals surface area contributed by atoms with Crippen molar-refractivity contribution in [2.75, 3.05) is 32.5 Å². The number of sulfonamides is 1. The zero-order chi connectivity index (χ0) is 25.8. The summed E-state index contributed by atoms with van der Waals surface area (Å²) in [6.45, 7) is 4.43. The molecule has 2 aromatic carbocycles. The van der Waals surface area contributed by atoms with Crippen molar-refractivity contribution >= 4 is 21.6 Å². The van der Waals surface area contributed by atoms with Crippen molar-refractivity contribution in [3.8, 4) is 5.75 Å². The van der Waals surface area contributed by atoms with Gasteiger partial charge in [0.25, 0.3) is 0 Å². The number of aliphatic hydroxyl groups excluding tert-OH is 1. The SMILES string of the molecule is COc1cccc(CCC(=O)NCCCC[C@@H](CO)N(CC(C)C)S(=O)(=O)c2ccc(N)cc2)c1. The van der Waals surface area contributed by atoms with E-state index in [0.29, 0.717) is 50.9 Å². The summed E-state index contributed by atoms with van der Waals surface area (Å²) in [5.74, 6) is 0.835. The summed E-state index contributed by atoms with van der Waals surface area (Å²) < 4.78 is 33.2. The van der Waals surface area contributed by atoms with Crippen LogP contribution in [0.15, 0.2) is 53.4 Å². The largest absolute Gasteiger partial charge is 0.497 e. The summed E-state index contributed by atoms with van der Waals surface area (Å²) in [5, 5.41) is 12.9. The number of amides is 1. The predicted molar refractivity (Wildman–Crippen MR) is 139 cm³/mol. The number of aliphatic hydroxyl groups is 1. The van der Waals surface area contributed by atoms with Gasteiger partial charge in [0.1, 0.15) is 5.75 Å². The van der Waals surface area contributed by atoms with Crippen molar-refractivity contribution in [3.05, 3.63) is 54.1 Å². The van der Waals surface area contributed by atoms with Gasteiger partial charge in [0.05, 0.1) is 18.6 Å². The third-order valence-corrected chi connectivity index (χ3v) is 7.64. The molecule has 0 aliphatic carbocycles. The van der Waals surface area contributed by atoms with E-state index in [1.54, 1.807) is 19.2 Å². The number of unbranched alkanes of at least 4 members (excludes halogenated alkanes) is 1. The smallest absolute Gasteiger partial charge is 0.243 e. The Balaban J connectivity index is 1.85. The number of carbonyl (C=O) groups is 1. The number of rotatable bonds is 15. The predicted octanol–water partition coefficient (Wildman–Crippen LogP) is 3.20.